The van der Waals surface area contributed by atoms with E-state index in [0.717, 1.165) is 0 Å². The molecule has 1 aliphatic heterocycles. The lowest BCUT2D eigenvalue weighted by Crippen LogP contribution is -2.51. The average molecular weight is 242 g/mol. The molecule has 0 spiro atoms. The highest BCUT2D eigenvalue weighted by Crippen LogP contribution is 2.25. The van der Waals surface area contributed by atoms with Gasteiger partial charge in [-0.25, -0.2) is 0 Å². The van der Waals surface area contributed by atoms with E-state index in [-0.39, 0.29) is 29.2 Å². The number of hydrogen-bond acceptors (Lipinski definition) is 3. The smallest absolute Gasteiger partial charge is 0.253 e. The normalized spacial score (nSPS) is 16.0. The van der Waals surface area contributed by atoms with Gasteiger partial charge in [0.2, 0.25) is 0 Å². The third-order valence-electron chi connectivity index (χ3n) is 2.70. The van der Waals surface area contributed by atoms with Gasteiger partial charge in [-0.15, -0.1) is 0 Å². The van der Waals surface area contributed by atoms with Gasteiger partial charge in [-0.2, -0.15) is 0 Å². The first-order chi connectivity index (χ1) is 7.61. The van der Waals surface area contributed by atoms with Gasteiger partial charge < -0.3 is 15.1 Å². The van der Waals surface area contributed by atoms with Crippen LogP contribution in [0.15, 0.2) is 18.2 Å². The van der Waals surface area contributed by atoms with Crippen molar-refractivity contribution >= 4 is 17.5 Å². The molecule has 1 fully saturated rings. The second kappa shape index (κ2) is 4.31. The maximum Gasteiger partial charge on any atom is 0.253 e. The Morgan fingerprint density at radius 1 is 1.50 bits per heavy atom. The van der Waals surface area contributed by atoms with Crippen LogP contribution in [-0.4, -0.2) is 40.7 Å². The molecule has 0 saturated carbocycles. The zero-order valence-corrected chi connectivity index (χ0v) is 9.31. The van der Waals surface area contributed by atoms with Crippen LogP contribution in [0.2, 0.25) is 5.02 Å². The van der Waals surface area contributed by atoms with Gasteiger partial charge in [0.15, 0.2) is 0 Å². The molecule has 1 aliphatic rings. The molecular formula is C11H12ClNO3. The summed E-state index contributed by atoms with van der Waals surface area (Å²) in [7, 11) is 0. The number of amides is 1. The van der Waals surface area contributed by atoms with Crippen LogP contribution in [0, 0.1) is 5.92 Å². The first-order valence-corrected chi connectivity index (χ1v) is 5.38. The number of aliphatic hydroxyl groups excluding tert-OH is 1. The quantitative estimate of drug-likeness (QED) is 0.816. The first-order valence-electron chi connectivity index (χ1n) is 5.00. The number of aliphatic hydroxyl groups is 1. The Hall–Kier alpha value is -1.26. The summed E-state index contributed by atoms with van der Waals surface area (Å²) in [5, 5.41) is 18.2. The molecule has 0 bridgehead atoms. The lowest BCUT2D eigenvalue weighted by atomic mass is 10.00. The fourth-order valence-corrected chi connectivity index (χ4v) is 1.85. The molecular weight excluding hydrogens is 230 g/mol. The highest BCUT2D eigenvalue weighted by molar-refractivity contribution is 6.32. The van der Waals surface area contributed by atoms with E-state index in [1.54, 1.807) is 4.90 Å². The van der Waals surface area contributed by atoms with Gasteiger partial charge in [-0.1, -0.05) is 11.6 Å². The summed E-state index contributed by atoms with van der Waals surface area (Å²) in [6.07, 6.45) is 0. The van der Waals surface area contributed by atoms with E-state index < -0.39 is 0 Å². The molecule has 0 radical (unpaired) electrons. The summed E-state index contributed by atoms with van der Waals surface area (Å²) >= 11 is 5.72. The van der Waals surface area contributed by atoms with Gasteiger partial charge >= 0.3 is 0 Å². The molecule has 1 aromatic rings. The highest BCUT2D eigenvalue weighted by Gasteiger charge is 2.30. The van der Waals surface area contributed by atoms with E-state index in [9.17, 15) is 9.90 Å². The van der Waals surface area contributed by atoms with Crippen molar-refractivity contribution in [3.63, 3.8) is 0 Å². The second-order valence-electron chi connectivity index (χ2n) is 3.92. The van der Waals surface area contributed by atoms with Crippen molar-refractivity contribution in [2.45, 2.75) is 0 Å². The van der Waals surface area contributed by atoms with Crippen molar-refractivity contribution in [3.05, 3.63) is 28.8 Å². The number of carbonyl (C=O) groups is 1. The fraction of sp³-hybridized carbons (Fsp3) is 0.364. The van der Waals surface area contributed by atoms with E-state index in [2.05, 4.69) is 0 Å². The largest absolute Gasteiger partial charge is 0.506 e. The van der Waals surface area contributed by atoms with Crippen LogP contribution in [0.4, 0.5) is 0 Å². The van der Waals surface area contributed by atoms with E-state index in [1.807, 2.05) is 0 Å². The molecule has 0 aromatic heterocycles. The minimum Gasteiger partial charge on any atom is -0.506 e. The third kappa shape index (κ3) is 1.99. The van der Waals surface area contributed by atoms with Gasteiger partial charge in [-0.3, -0.25) is 4.79 Å². The number of halogens is 1. The molecule has 5 heteroatoms. The number of aromatic hydroxyl groups is 1. The molecule has 1 heterocycles. The Bertz CT molecular complexity index is 416. The van der Waals surface area contributed by atoms with Gasteiger partial charge in [0.25, 0.3) is 5.91 Å². The number of likely N-dealkylation sites (tertiary alicyclic amines) is 1. The monoisotopic (exact) mass is 241 g/mol. The maximum absolute atomic E-state index is 11.9. The highest BCUT2D eigenvalue weighted by atomic mass is 35.5. The molecule has 0 atom stereocenters. The van der Waals surface area contributed by atoms with Crippen LogP contribution in [-0.2, 0) is 0 Å². The van der Waals surface area contributed by atoms with Crippen molar-refractivity contribution in [3.8, 4) is 5.75 Å². The lowest BCUT2D eigenvalue weighted by molar-refractivity contribution is 0.0362. The molecule has 0 unspecified atom stereocenters. The number of benzene rings is 1. The standard InChI is InChI=1S/C11H12ClNO3/c12-9-3-8(1-2-10(9)15)11(16)13-4-7(5-13)6-14/h1-3,7,14-15H,4-6H2. The Balaban J connectivity index is 2.07. The maximum atomic E-state index is 11.9. The van der Waals surface area contributed by atoms with Gasteiger partial charge in [0, 0.05) is 31.2 Å². The number of carbonyl (C=O) groups excluding carboxylic acids is 1. The number of hydrogen-bond donors (Lipinski definition) is 2. The Morgan fingerprint density at radius 2 is 2.19 bits per heavy atom. The number of nitrogens with zero attached hydrogens (tertiary/aromatic N) is 1. The summed E-state index contributed by atoms with van der Waals surface area (Å²) < 4.78 is 0. The van der Waals surface area contributed by atoms with Crippen molar-refractivity contribution in [2.75, 3.05) is 19.7 Å². The van der Waals surface area contributed by atoms with Crippen LogP contribution in [0.3, 0.4) is 0 Å². The minimum atomic E-state index is -0.119. The Kier molecular flexibility index (Phi) is 3.03. The zero-order chi connectivity index (χ0) is 11.7. The van der Waals surface area contributed by atoms with Gasteiger partial charge in [-0.05, 0) is 18.2 Å². The van der Waals surface area contributed by atoms with Crippen LogP contribution in [0.5, 0.6) is 5.75 Å². The first kappa shape index (κ1) is 11.2. The van der Waals surface area contributed by atoms with E-state index in [0.29, 0.717) is 18.7 Å². The van der Waals surface area contributed by atoms with Crippen LogP contribution in [0.1, 0.15) is 10.4 Å². The summed E-state index contributed by atoms with van der Waals surface area (Å²) in [6, 6.07) is 4.39. The van der Waals surface area contributed by atoms with Crippen molar-refractivity contribution in [1.29, 1.82) is 0 Å². The average Bonchev–Trinajstić information content (AvgIpc) is 2.20. The molecule has 16 heavy (non-hydrogen) atoms. The molecule has 4 nitrogen and oxygen atoms in total. The van der Waals surface area contributed by atoms with E-state index >= 15 is 0 Å². The number of phenolic OH excluding ortho intramolecular Hbond substituents is 1. The minimum absolute atomic E-state index is 0.0324. The van der Waals surface area contributed by atoms with Gasteiger partial charge in [0.1, 0.15) is 5.75 Å². The van der Waals surface area contributed by atoms with Gasteiger partial charge in [0.05, 0.1) is 5.02 Å². The van der Waals surface area contributed by atoms with Crippen molar-refractivity contribution in [1.82, 2.24) is 4.90 Å². The lowest BCUT2D eigenvalue weighted by Gasteiger charge is -2.38. The Labute approximate surface area is 98.1 Å². The summed E-state index contributed by atoms with van der Waals surface area (Å²) in [5.74, 6) is 0.0400. The third-order valence-corrected chi connectivity index (χ3v) is 3.00. The van der Waals surface area contributed by atoms with E-state index in [4.69, 9.17) is 16.7 Å². The summed E-state index contributed by atoms with van der Waals surface area (Å²) in [5.41, 5.74) is 0.458. The van der Waals surface area contributed by atoms with Crippen molar-refractivity contribution < 1.29 is 15.0 Å². The van der Waals surface area contributed by atoms with Crippen molar-refractivity contribution in [2.24, 2.45) is 5.92 Å². The molecule has 2 N–H and O–H groups in total. The predicted molar refractivity (Wildman–Crippen MR) is 59.6 cm³/mol. The zero-order valence-electron chi connectivity index (χ0n) is 8.56. The van der Waals surface area contributed by atoms with Crippen LogP contribution >= 0.6 is 11.6 Å². The molecule has 1 saturated heterocycles. The Morgan fingerprint density at radius 3 is 2.75 bits per heavy atom. The number of rotatable bonds is 2. The second-order valence-corrected chi connectivity index (χ2v) is 4.33. The summed E-state index contributed by atoms with van der Waals surface area (Å²) in [6.45, 7) is 1.27. The molecule has 86 valence electrons. The molecule has 0 aliphatic carbocycles. The number of phenols is 1. The topological polar surface area (TPSA) is 60.8 Å². The van der Waals surface area contributed by atoms with Crippen LogP contribution < -0.4 is 0 Å². The molecule has 1 aromatic carbocycles. The van der Waals surface area contributed by atoms with Crippen LogP contribution in [0.25, 0.3) is 0 Å². The predicted octanol–water partition coefficient (Wildman–Crippen LogP) is 1.11. The fourth-order valence-electron chi connectivity index (χ4n) is 1.67. The SMILES string of the molecule is O=C(c1ccc(O)c(Cl)c1)N1CC(CO)C1. The molecule has 2 rings (SSSR count). The summed E-state index contributed by atoms with van der Waals surface area (Å²) in [4.78, 5) is 13.5. The van der Waals surface area contributed by atoms with E-state index in [1.165, 1.54) is 18.2 Å². The molecule has 1 amide bonds.